The Kier molecular flexibility index (Phi) is 2.82. The minimum Gasteiger partial charge on any atom is -0.491 e. The number of rotatable bonds is 2. The largest absolute Gasteiger partial charge is 0.491 e. The first-order valence-corrected chi connectivity index (χ1v) is 6.48. The average molecular weight is 278 g/mol. The Morgan fingerprint density at radius 3 is 3.17 bits per heavy atom. The van der Waals surface area contributed by atoms with E-state index in [0.29, 0.717) is 17.2 Å². The van der Waals surface area contributed by atoms with Crippen LogP contribution in [0.1, 0.15) is 17.2 Å². The van der Waals surface area contributed by atoms with Crippen LogP contribution in [0.2, 0.25) is 5.15 Å². The summed E-state index contributed by atoms with van der Waals surface area (Å²) in [5, 5.41) is 13.2. The Morgan fingerprint density at radius 2 is 2.33 bits per heavy atom. The molecule has 1 aliphatic heterocycles. The normalized spacial score (nSPS) is 16.8. The molecule has 18 heavy (non-hydrogen) atoms. The lowest BCUT2D eigenvalue weighted by molar-refractivity contribution is 0.340. The Labute approximate surface area is 113 Å². The van der Waals surface area contributed by atoms with E-state index in [4.69, 9.17) is 21.6 Å². The number of hydrogen-bond acceptors (Lipinski definition) is 5. The number of hydrogen-bond donors (Lipinski definition) is 1. The predicted octanol–water partition coefficient (Wildman–Crippen LogP) is 3.21. The van der Waals surface area contributed by atoms with Crippen LogP contribution in [0, 0.1) is 11.3 Å². The zero-order valence-corrected chi connectivity index (χ0v) is 10.8. The van der Waals surface area contributed by atoms with Crippen molar-refractivity contribution in [3.63, 3.8) is 0 Å². The fraction of sp³-hybridized carbons (Fsp3) is 0.167. The van der Waals surface area contributed by atoms with E-state index in [0.717, 1.165) is 11.3 Å². The van der Waals surface area contributed by atoms with Gasteiger partial charge in [-0.15, -0.1) is 0 Å². The molecule has 0 radical (unpaired) electrons. The highest BCUT2D eigenvalue weighted by atomic mass is 35.5. The van der Waals surface area contributed by atoms with Gasteiger partial charge in [-0.25, -0.2) is 0 Å². The van der Waals surface area contributed by atoms with E-state index >= 15 is 0 Å². The molecule has 3 rings (SSSR count). The number of nitriles is 1. The first kappa shape index (κ1) is 11.3. The van der Waals surface area contributed by atoms with Crippen molar-refractivity contribution in [1.82, 2.24) is 4.37 Å². The molecule has 1 aliphatic rings. The van der Waals surface area contributed by atoms with Crippen molar-refractivity contribution in [2.75, 3.05) is 11.9 Å². The van der Waals surface area contributed by atoms with Gasteiger partial charge in [0.05, 0.1) is 6.04 Å². The Morgan fingerprint density at radius 1 is 1.50 bits per heavy atom. The summed E-state index contributed by atoms with van der Waals surface area (Å²) >= 11 is 7.03. The lowest BCUT2D eigenvalue weighted by Crippen LogP contribution is -2.11. The molecule has 0 fully saturated rings. The van der Waals surface area contributed by atoms with Crippen LogP contribution in [-0.4, -0.2) is 11.0 Å². The van der Waals surface area contributed by atoms with Crippen LogP contribution >= 0.6 is 23.1 Å². The molecule has 1 N–H and O–H groups in total. The maximum Gasteiger partial charge on any atom is 0.162 e. The maximum atomic E-state index is 9.02. The molecule has 0 bridgehead atoms. The summed E-state index contributed by atoms with van der Waals surface area (Å²) in [6, 6.07) is 9.93. The molecule has 1 aromatic carbocycles. The number of aromatic nitrogens is 1. The van der Waals surface area contributed by atoms with Gasteiger partial charge in [0.2, 0.25) is 0 Å². The van der Waals surface area contributed by atoms with E-state index in [2.05, 4.69) is 15.8 Å². The maximum absolute atomic E-state index is 9.02. The first-order chi connectivity index (χ1) is 8.79. The third-order valence-electron chi connectivity index (χ3n) is 2.77. The number of ether oxygens (including phenoxy) is 1. The fourth-order valence-electron chi connectivity index (χ4n) is 1.91. The first-order valence-electron chi connectivity index (χ1n) is 5.33. The summed E-state index contributed by atoms with van der Waals surface area (Å²) in [6.45, 7) is 0.541. The molecule has 0 saturated carbocycles. The molecule has 0 saturated heterocycles. The molecule has 0 spiro atoms. The molecule has 6 heteroatoms. The third-order valence-corrected chi connectivity index (χ3v) is 3.92. The highest BCUT2D eigenvalue weighted by Crippen LogP contribution is 2.37. The second kappa shape index (κ2) is 4.48. The zero-order chi connectivity index (χ0) is 12.5. The van der Waals surface area contributed by atoms with Gasteiger partial charge in [0, 0.05) is 5.56 Å². The minimum atomic E-state index is 0.0322. The number of benzene rings is 1. The third kappa shape index (κ3) is 1.80. The smallest absolute Gasteiger partial charge is 0.162 e. The zero-order valence-electron chi connectivity index (χ0n) is 9.18. The van der Waals surface area contributed by atoms with Crippen LogP contribution < -0.4 is 10.1 Å². The van der Waals surface area contributed by atoms with Gasteiger partial charge < -0.3 is 10.1 Å². The molecule has 0 unspecified atom stereocenters. The lowest BCUT2D eigenvalue weighted by atomic mass is 10.1. The molecular formula is C12H8ClN3OS. The van der Waals surface area contributed by atoms with Crippen LogP contribution in [0.3, 0.4) is 0 Å². The Balaban J connectivity index is 1.89. The summed E-state index contributed by atoms with van der Waals surface area (Å²) in [5.41, 5.74) is 1.48. The summed E-state index contributed by atoms with van der Waals surface area (Å²) in [6.07, 6.45) is 0. The van der Waals surface area contributed by atoms with Crippen molar-refractivity contribution in [3.8, 4) is 11.8 Å². The van der Waals surface area contributed by atoms with Gasteiger partial charge in [-0.1, -0.05) is 29.8 Å². The number of para-hydroxylation sites is 1. The predicted molar refractivity (Wildman–Crippen MR) is 70.1 cm³/mol. The number of nitrogens with zero attached hydrogens (tertiary/aromatic N) is 2. The van der Waals surface area contributed by atoms with E-state index < -0.39 is 0 Å². The van der Waals surface area contributed by atoms with E-state index in [1.165, 1.54) is 11.5 Å². The summed E-state index contributed by atoms with van der Waals surface area (Å²) in [4.78, 5) is 0. The number of fused-ring (bicyclic) bond motifs is 1. The molecular weight excluding hydrogens is 270 g/mol. The van der Waals surface area contributed by atoms with Crippen LogP contribution in [0.15, 0.2) is 24.3 Å². The van der Waals surface area contributed by atoms with Crippen molar-refractivity contribution in [3.05, 3.63) is 40.5 Å². The quantitative estimate of drug-likeness (QED) is 0.916. The molecule has 4 nitrogen and oxygen atoms in total. The van der Waals surface area contributed by atoms with Gasteiger partial charge in [-0.3, -0.25) is 0 Å². The molecule has 2 heterocycles. The summed E-state index contributed by atoms with van der Waals surface area (Å²) < 4.78 is 9.54. The Bertz CT molecular complexity index is 634. The fourth-order valence-corrected chi connectivity index (χ4v) is 2.89. The summed E-state index contributed by atoms with van der Waals surface area (Å²) in [7, 11) is 0. The van der Waals surface area contributed by atoms with Gasteiger partial charge in [-0.2, -0.15) is 9.64 Å². The molecule has 0 amide bonds. The van der Waals surface area contributed by atoms with Gasteiger partial charge in [-0.05, 0) is 17.6 Å². The van der Waals surface area contributed by atoms with Crippen molar-refractivity contribution >= 4 is 28.1 Å². The monoisotopic (exact) mass is 277 g/mol. The molecule has 90 valence electrons. The van der Waals surface area contributed by atoms with E-state index in [1.54, 1.807) is 0 Å². The van der Waals surface area contributed by atoms with Crippen molar-refractivity contribution in [2.45, 2.75) is 6.04 Å². The number of halogens is 1. The standard InChI is InChI=1S/C12H8ClN3OS/c13-11-8(5-14)12(18-16-11)15-9-6-17-10-4-2-1-3-7(9)10/h1-4,9,15H,6H2/t9-/m0/s1. The highest BCUT2D eigenvalue weighted by molar-refractivity contribution is 7.10. The molecule has 1 aromatic heterocycles. The van der Waals surface area contributed by atoms with Crippen LogP contribution in [-0.2, 0) is 0 Å². The molecule has 1 atom stereocenters. The summed E-state index contributed by atoms with van der Waals surface area (Å²) in [5.74, 6) is 0.879. The Hall–Kier alpha value is -1.77. The van der Waals surface area contributed by atoms with Crippen molar-refractivity contribution < 1.29 is 4.74 Å². The van der Waals surface area contributed by atoms with Gasteiger partial charge >= 0.3 is 0 Å². The SMILES string of the molecule is N#Cc1c(Cl)nsc1N[C@H]1COc2ccccc21. The second-order valence-electron chi connectivity index (χ2n) is 3.84. The van der Waals surface area contributed by atoms with E-state index in [9.17, 15) is 0 Å². The van der Waals surface area contributed by atoms with Crippen LogP contribution in [0.5, 0.6) is 5.75 Å². The number of nitrogens with one attached hydrogen (secondary N) is 1. The average Bonchev–Trinajstić information content (AvgIpc) is 2.95. The second-order valence-corrected chi connectivity index (χ2v) is 4.97. The molecule has 0 aliphatic carbocycles. The highest BCUT2D eigenvalue weighted by Gasteiger charge is 2.25. The van der Waals surface area contributed by atoms with Crippen LogP contribution in [0.25, 0.3) is 0 Å². The van der Waals surface area contributed by atoms with E-state index in [-0.39, 0.29) is 11.2 Å². The minimum absolute atomic E-state index is 0.0322. The van der Waals surface area contributed by atoms with Crippen molar-refractivity contribution in [1.29, 1.82) is 5.26 Å². The van der Waals surface area contributed by atoms with Gasteiger partial charge in [0.15, 0.2) is 5.15 Å². The van der Waals surface area contributed by atoms with Gasteiger partial charge in [0.25, 0.3) is 0 Å². The lowest BCUT2D eigenvalue weighted by Gasteiger charge is -2.10. The van der Waals surface area contributed by atoms with Gasteiger partial charge in [0.1, 0.15) is 29.0 Å². The molecule has 2 aromatic rings. The van der Waals surface area contributed by atoms with Crippen LogP contribution in [0.4, 0.5) is 5.00 Å². The van der Waals surface area contributed by atoms with E-state index in [1.807, 2.05) is 24.3 Å². The van der Waals surface area contributed by atoms with Crippen molar-refractivity contribution in [2.24, 2.45) is 0 Å². The topological polar surface area (TPSA) is 57.9 Å². The number of anilines is 1.